The molecule has 5 heteroatoms. The smallest absolute Gasteiger partial charge is 0.221 e. The van der Waals surface area contributed by atoms with E-state index in [1.165, 1.54) is 0 Å². The number of nitrogens with one attached hydrogen (secondary N) is 1. The van der Waals surface area contributed by atoms with Gasteiger partial charge < -0.3 is 15.1 Å². The molecule has 1 aromatic rings. The largest absolute Gasteiger partial charge is 0.355 e. The monoisotopic (exact) mass is 305 g/mol. The second kappa shape index (κ2) is 9.20. The van der Waals surface area contributed by atoms with Crippen molar-refractivity contribution >= 4 is 11.8 Å². The molecule has 0 saturated heterocycles. The third-order valence-electron chi connectivity index (χ3n) is 3.61. The van der Waals surface area contributed by atoms with Crippen molar-refractivity contribution in [2.75, 3.05) is 33.7 Å². The predicted octanol–water partition coefficient (Wildman–Crippen LogP) is 1.66. The van der Waals surface area contributed by atoms with Crippen LogP contribution >= 0.6 is 0 Å². The number of carbonyl (C=O) groups excluding carboxylic acids is 2. The first-order valence-corrected chi connectivity index (χ1v) is 7.65. The maximum absolute atomic E-state index is 11.9. The summed E-state index contributed by atoms with van der Waals surface area (Å²) in [5.41, 5.74) is 1.07. The zero-order chi connectivity index (χ0) is 16.5. The van der Waals surface area contributed by atoms with Crippen molar-refractivity contribution in [2.45, 2.75) is 26.3 Å². The van der Waals surface area contributed by atoms with Crippen LogP contribution in [0.1, 0.15) is 31.9 Å². The molecule has 22 heavy (non-hydrogen) atoms. The highest BCUT2D eigenvalue weighted by molar-refractivity contribution is 5.78. The van der Waals surface area contributed by atoms with E-state index in [1.54, 1.807) is 11.8 Å². The van der Waals surface area contributed by atoms with Gasteiger partial charge in [0, 0.05) is 33.0 Å². The van der Waals surface area contributed by atoms with Crippen LogP contribution < -0.4 is 5.32 Å². The first-order valence-electron chi connectivity index (χ1n) is 7.65. The van der Waals surface area contributed by atoms with Gasteiger partial charge in [-0.1, -0.05) is 30.3 Å². The number of likely N-dealkylation sites (N-methyl/N-ethyl adjacent to an activating group) is 1. The van der Waals surface area contributed by atoms with Crippen LogP contribution in [0, 0.1) is 0 Å². The molecule has 1 atom stereocenters. The van der Waals surface area contributed by atoms with Crippen molar-refractivity contribution in [3.05, 3.63) is 35.9 Å². The van der Waals surface area contributed by atoms with Gasteiger partial charge in [-0.3, -0.25) is 9.59 Å². The highest BCUT2D eigenvalue weighted by Gasteiger charge is 2.19. The van der Waals surface area contributed by atoms with Crippen LogP contribution in [0.5, 0.6) is 0 Å². The normalized spacial score (nSPS) is 12.0. The number of nitrogens with zero attached hydrogens (tertiary/aromatic N) is 2. The summed E-state index contributed by atoms with van der Waals surface area (Å²) in [5.74, 6) is -0.0363. The van der Waals surface area contributed by atoms with Crippen LogP contribution in [0.4, 0.5) is 0 Å². The number of hydrogen-bond donors (Lipinski definition) is 1. The van der Waals surface area contributed by atoms with Gasteiger partial charge in [-0.2, -0.15) is 0 Å². The molecule has 1 aromatic carbocycles. The second-order valence-electron chi connectivity index (χ2n) is 5.70. The Morgan fingerprint density at radius 2 is 1.77 bits per heavy atom. The van der Waals surface area contributed by atoms with Gasteiger partial charge in [0.05, 0.1) is 6.04 Å². The van der Waals surface area contributed by atoms with E-state index < -0.39 is 0 Å². The summed E-state index contributed by atoms with van der Waals surface area (Å²) in [6.07, 6.45) is 0.324. The third-order valence-corrected chi connectivity index (χ3v) is 3.61. The Hall–Kier alpha value is -1.88. The second-order valence-corrected chi connectivity index (χ2v) is 5.70. The fraction of sp³-hybridized carbons (Fsp3) is 0.529. The van der Waals surface area contributed by atoms with Gasteiger partial charge in [0.25, 0.3) is 0 Å². The molecule has 5 nitrogen and oxygen atoms in total. The molecular weight excluding hydrogens is 278 g/mol. The molecule has 0 heterocycles. The van der Waals surface area contributed by atoms with Gasteiger partial charge in [-0.05, 0) is 26.6 Å². The molecule has 1 N–H and O–H groups in total. The number of carbonyl (C=O) groups is 2. The van der Waals surface area contributed by atoms with Gasteiger partial charge in [0.1, 0.15) is 0 Å². The lowest BCUT2D eigenvalue weighted by molar-refractivity contribution is -0.131. The van der Waals surface area contributed by atoms with Crippen molar-refractivity contribution in [1.82, 2.24) is 15.1 Å². The zero-order valence-corrected chi connectivity index (χ0v) is 14.0. The Balaban J connectivity index is 2.51. The summed E-state index contributed by atoms with van der Waals surface area (Å²) >= 11 is 0. The number of rotatable bonds is 8. The Morgan fingerprint density at radius 3 is 2.32 bits per heavy atom. The summed E-state index contributed by atoms with van der Waals surface area (Å²) in [5, 5.41) is 2.87. The Bertz CT molecular complexity index is 474. The quantitative estimate of drug-likeness (QED) is 0.795. The standard InChI is InChI=1S/C17H27N3O2/c1-14(16-8-6-5-7-9-16)20(15(2)21)12-10-17(22)18-11-13-19(3)4/h5-9,14H,10-13H2,1-4H3,(H,18,22). The van der Waals surface area contributed by atoms with Crippen LogP contribution in [0.2, 0.25) is 0 Å². The molecule has 0 aromatic heterocycles. The number of hydrogen-bond acceptors (Lipinski definition) is 3. The number of benzene rings is 1. The molecule has 0 aliphatic carbocycles. The summed E-state index contributed by atoms with van der Waals surface area (Å²) in [4.78, 5) is 27.5. The van der Waals surface area contributed by atoms with Gasteiger partial charge >= 0.3 is 0 Å². The molecule has 2 amide bonds. The van der Waals surface area contributed by atoms with E-state index in [0.29, 0.717) is 19.5 Å². The van der Waals surface area contributed by atoms with Crippen LogP contribution in [-0.4, -0.2) is 55.3 Å². The van der Waals surface area contributed by atoms with Gasteiger partial charge in [0.2, 0.25) is 11.8 Å². The minimum Gasteiger partial charge on any atom is -0.355 e. The SMILES string of the molecule is CC(=O)N(CCC(=O)NCCN(C)C)C(C)c1ccccc1. The molecular formula is C17H27N3O2. The maximum atomic E-state index is 11.9. The average molecular weight is 305 g/mol. The van der Waals surface area contributed by atoms with E-state index >= 15 is 0 Å². The minimum absolute atomic E-state index is 0.0163. The van der Waals surface area contributed by atoms with E-state index in [0.717, 1.165) is 12.1 Å². The maximum Gasteiger partial charge on any atom is 0.221 e. The van der Waals surface area contributed by atoms with E-state index in [-0.39, 0.29) is 17.9 Å². The summed E-state index contributed by atoms with van der Waals surface area (Å²) in [7, 11) is 3.93. The Kier molecular flexibility index (Phi) is 7.60. The third kappa shape index (κ3) is 6.26. The molecule has 0 spiro atoms. The van der Waals surface area contributed by atoms with Crippen molar-refractivity contribution < 1.29 is 9.59 Å². The molecule has 122 valence electrons. The molecule has 1 unspecified atom stereocenters. The lowest BCUT2D eigenvalue weighted by Gasteiger charge is -2.28. The molecule has 0 fully saturated rings. The predicted molar refractivity (Wildman–Crippen MR) is 88.4 cm³/mol. The lowest BCUT2D eigenvalue weighted by Crippen LogP contribution is -2.37. The highest BCUT2D eigenvalue weighted by atomic mass is 16.2. The summed E-state index contributed by atoms with van der Waals surface area (Å²) < 4.78 is 0. The van der Waals surface area contributed by atoms with E-state index in [4.69, 9.17) is 0 Å². The summed E-state index contributed by atoms with van der Waals surface area (Å²) in [6, 6.07) is 9.83. The molecule has 0 aliphatic rings. The first kappa shape index (κ1) is 18.2. The van der Waals surface area contributed by atoms with Gasteiger partial charge in [-0.15, -0.1) is 0 Å². The van der Waals surface area contributed by atoms with Crippen LogP contribution in [0.15, 0.2) is 30.3 Å². The Labute approximate surface area is 133 Å². The van der Waals surface area contributed by atoms with Crippen molar-refractivity contribution in [3.63, 3.8) is 0 Å². The molecule has 0 radical (unpaired) electrons. The highest BCUT2D eigenvalue weighted by Crippen LogP contribution is 2.20. The average Bonchev–Trinajstić information content (AvgIpc) is 2.47. The van der Waals surface area contributed by atoms with Crippen molar-refractivity contribution in [1.29, 1.82) is 0 Å². The Morgan fingerprint density at radius 1 is 1.14 bits per heavy atom. The van der Waals surface area contributed by atoms with E-state index in [1.807, 2.05) is 56.3 Å². The van der Waals surface area contributed by atoms with Crippen molar-refractivity contribution in [2.24, 2.45) is 0 Å². The molecule has 0 bridgehead atoms. The lowest BCUT2D eigenvalue weighted by atomic mass is 10.1. The molecule has 0 aliphatic heterocycles. The molecule has 1 rings (SSSR count). The minimum atomic E-state index is -0.0340. The fourth-order valence-corrected chi connectivity index (χ4v) is 2.26. The van der Waals surface area contributed by atoms with Crippen LogP contribution in [0.3, 0.4) is 0 Å². The van der Waals surface area contributed by atoms with Crippen molar-refractivity contribution in [3.8, 4) is 0 Å². The van der Waals surface area contributed by atoms with Crippen LogP contribution in [0.25, 0.3) is 0 Å². The number of amides is 2. The van der Waals surface area contributed by atoms with Crippen LogP contribution in [-0.2, 0) is 9.59 Å². The zero-order valence-electron chi connectivity index (χ0n) is 14.0. The fourth-order valence-electron chi connectivity index (χ4n) is 2.26. The summed E-state index contributed by atoms with van der Waals surface area (Å²) in [6.45, 7) is 5.39. The van der Waals surface area contributed by atoms with Gasteiger partial charge in [0.15, 0.2) is 0 Å². The topological polar surface area (TPSA) is 52.7 Å². The van der Waals surface area contributed by atoms with Gasteiger partial charge in [-0.25, -0.2) is 0 Å². The molecule has 0 saturated carbocycles. The van der Waals surface area contributed by atoms with E-state index in [9.17, 15) is 9.59 Å². The van der Waals surface area contributed by atoms with E-state index in [2.05, 4.69) is 5.32 Å². The first-order chi connectivity index (χ1) is 10.4.